The van der Waals surface area contributed by atoms with Gasteiger partial charge in [-0.1, -0.05) is 0 Å². The molecule has 0 amide bonds. The van der Waals surface area contributed by atoms with Crippen LogP contribution in [0.2, 0.25) is 0 Å². The Morgan fingerprint density at radius 3 is 2.71 bits per heavy atom. The number of fused-ring (bicyclic) bond motifs is 1. The number of nitrogens with one attached hydrogen (secondary N) is 1. The molecule has 0 radical (unpaired) electrons. The van der Waals surface area contributed by atoms with Crippen molar-refractivity contribution in [1.82, 2.24) is 9.71 Å². The zero-order valence-electron chi connectivity index (χ0n) is 11.0. The van der Waals surface area contributed by atoms with Crippen LogP contribution in [0, 0.1) is 0 Å². The normalized spacial score (nSPS) is 12.8. The number of pyridine rings is 1. The van der Waals surface area contributed by atoms with E-state index in [-0.39, 0.29) is 17.2 Å². The lowest BCUT2D eigenvalue weighted by atomic mass is 10.3. The summed E-state index contributed by atoms with van der Waals surface area (Å²) in [4.78, 5) is 4.18. The number of aromatic nitrogens is 1. The van der Waals surface area contributed by atoms with Gasteiger partial charge in [-0.2, -0.15) is 0 Å². The standard InChI is InChI=1S/C11H15N3O4S3/c12-20(15,16)6-2-1-4-14-21(17,18)9-7-11-10(13-8-9)3-5-19-11/h3,5,7-8,14H,1-2,4,6H2,(H2,12,15,16). The number of thiophene rings is 1. The van der Waals surface area contributed by atoms with Crippen molar-refractivity contribution < 1.29 is 16.8 Å². The molecule has 0 unspecified atom stereocenters. The molecule has 116 valence electrons. The fourth-order valence-electron chi connectivity index (χ4n) is 1.69. The maximum Gasteiger partial charge on any atom is 0.242 e. The molecule has 0 aliphatic rings. The number of primary sulfonamides is 1. The lowest BCUT2D eigenvalue weighted by Crippen LogP contribution is -2.25. The van der Waals surface area contributed by atoms with Gasteiger partial charge in [0.1, 0.15) is 4.90 Å². The Morgan fingerprint density at radius 1 is 1.24 bits per heavy atom. The summed E-state index contributed by atoms with van der Waals surface area (Å²) < 4.78 is 48.8. The largest absolute Gasteiger partial charge is 0.254 e. The van der Waals surface area contributed by atoms with E-state index in [1.165, 1.54) is 17.5 Å². The van der Waals surface area contributed by atoms with E-state index >= 15 is 0 Å². The van der Waals surface area contributed by atoms with E-state index in [0.717, 1.165) is 10.2 Å². The van der Waals surface area contributed by atoms with Gasteiger partial charge in [-0.3, -0.25) is 4.98 Å². The van der Waals surface area contributed by atoms with E-state index in [0.29, 0.717) is 12.8 Å². The third-order valence-corrected chi connectivity index (χ3v) is 5.87. The van der Waals surface area contributed by atoms with Crippen molar-refractivity contribution in [3.8, 4) is 0 Å². The van der Waals surface area contributed by atoms with Gasteiger partial charge >= 0.3 is 0 Å². The molecule has 0 saturated heterocycles. The van der Waals surface area contributed by atoms with Crippen LogP contribution in [-0.2, 0) is 20.0 Å². The summed E-state index contributed by atoms with van der Waals surface area (Å²) in [5.41, 5.74) is 0.757. The molecule has 10 heteroatoms. The van der Waals surface area contributed by atoms with Crippen LogP contribution in [0.1, 0.15) is 12.8 Å². The molecule has 0 aromatic carbocycles. The molecule has 3 N–H and O–H groups in total. The molecule has 2 aromatic rings. The average molecular weight is 349 g/mol. The molecule has 2 heterocycles. The van der Waals surface area contributed by atoms with Crippen molar-refractivity contribution in [3.05, 3.63) is 23.7 Å². The fourth-order valence-corrected chi connectivity index (χ4v) is 4.20. The number of hydrogen-bond acceptors (Lipinski definition) is 6. The monoisotopic (exact) mass is 349 g/mol. The molecule has 0 aliphatic carbocycles. The topological polar surface area (TPSA) is 119 Å². The summed E-state index contributed by atoms with van der Waals surface area (Å²) in [5, 5.41) is 6.71. The number of hydrogen-bond donors (Lipinski definition) is 2. The molecule has 0 atom stereocenters. The van der Waals surface area contributed by atoms with Gasteiger partial charge in [0.2, 0.25) is 20.0 Å². The predicted molar refractivity (Wildman–Crippen MR) is 82.0 cm³/mol. The van der Waals surface area contributed by atoms with Crippen molar-refractivity contribution in [1.29, 1.82) is 0 Å². The Bertz CT molecular complexity index is 827. The summed E-state index contributed by atoms with van der Waals surface area (Å²) in [5.74, 6) is -0.155. The van der Waals surface area contributed by atoms with Gasteiger partial charge in [-0.05, 0) is 30.4 Å². The van der Waals surface area contributed by atoms with Crippen LogP contribution in [0.15, 0.2) is 28.6 Å². The summed E-state index contributed by atoms with van der Waals surface area (Å²) in [7, 11) is -7.13. The minimum atomic E-state index is -3.63. The van der Waals surface area contributed by atoms with E-state index in [1.807, 2.05) is 11.4 Å². The highest BCUT2D eigenvalue weighted by Crippen LogP contribution is 2.21. The van der Waals surface area contributed by atoms with Gasteiger partial charge < -0.3 is 0 Å². The smallest absolute Gasteiger partial charge is 0.242 e. The van der Waals surface area contributed by atoms with Crippen molar-refractivity contribution in [2.24, 2.45) is 5.14 Å². The lowest BCUT2D eigenvalue weighted by Gasteiger charge is -2.06. The Hall–Kier alpha value is -1.07. The maximum absolute atomic E-state index is 12.1. The van der Waals surface area contributed by atoms with Gasteiger partial charge in [-0.15, -0.1) is 11.3 Å². The van der Waals surface area contributed by atoms with Crippen molar-refractivity contribution in [2.45, 2.75) is 17.7 Å². The van der Waals surface area contributed by atoms with Crippen LogP contribution in [0.25, 0.3) is 10.2 Å². The van der Waals surface area contributed by atoms with E-state index in [1.54, 1.807) is 6.07 Å². The number of nitrogens with zero attached hydrogens (tertiary/aromatic N) is 1. The van der Waals surface area contributed by atoms with E-state index in [9.17, 15) is 16.8 Å². The van der Waals surface area contributed by atoms with Crippen LogP contribution in [0.4, 0.5) is 0 Å². The van der Waals surface area contributed by atoms with E-state index < -0.39 is 20.0 Å². The molecular weight excluding hydrogens is 334 g/mol. The van der Waals surface area contributed by atoms with E-state index in [2.05, 4.69) is 9.71 Å². The predicted octanol–water partition coefficient (Wildman–Crippen LogP) is 0.643. The number of unbranched alkanes of at least 4 members (excludes halogenated alkanes) is 1. The quantitative estimate of drug-likeness (QED) is 0.711. The first-order chi connectivity index (χ1) is 9.78. The third-order valence-electron chi connectivity index (χ3n) is 2.74. The molecule has 0 fully saturated rings. The van der Waals surface area contributed by atoms with Gasteiger partial charge in [0.25, 0.3) is 0 Å². The molecule has 0 spiro atoms. The van der Waals surface area contributed by atoms with Crippen molar-refractivity contribution in [2.75, 3.05) is 12.3 Å². The second kappa shape index (κ2) is 6.36. The molecule has 0 bridgehead atoms. The van der Waals surface area contributed by atoms with Crippen LogP contribution in [0.5, 0.6) is 0 Å². The Labute approximate surface area is 127 Å². The van der Waals surface area contributed by atoms with Crippen molar-refractivity contribution >= 4 is 41.6 Å². The molecule has 21 heavy (non-hydrogen) atoms. The third kappa shape index (κ3) is 4.71. The highest BCUT2D eigenvalue weighted by atomic mass is 32.2. The first kappa shape index (κ1) is 16.3. The average Bonchev–Trinajstić information content (AvgIpc) is 2.83. The summed E-state index contributed by atoms with van der Waals surface area (Å²) in [6.07, 6.45) is 2.01. The minimum Gasteiger partial charge on any atom is -0.254 e. The minimum absolute atomic E-state index is 0.101. The Morgan fingerprint density at radius 2 is 2.00 bits per heavy atom. The molecule has 7 nitrogen and oxygen atoms in total. The molecule has 0 aliphatic heterocycles. The van der Waals surface area contributed by atoms with E-state index in [4.69, 9.17) is 5.14 Å². The highest BCUT2D eigenvalue weighted by Gasteiger charge is 2.15. The Balaban J connectivity index is 1.95. The van der Waals surface area contributed by atoms with Gasteiger partial charge in [0.15, 0.2) is 0 Å². The number of nitrogens with two attached hydrogens (primary N) is 1. The first-order valence-corrected chi connectivity index (χ1v) is 10.2. The van der Waals surface area contributed by atoms with Crippen LogP contribution >= 0.6 is 11.3 Å². The first-order valence-electron chi connectivity index (χ1n) is 6.11. The van der Waals surface area contributed by atoms with Crippen LogP contribution < -0.4 is 9.86 Å². The van der Waals surface area contributed by atoms with Gasteiger partial charge in [0, 0.05) is 12.7 Å². The highest BCUT2D eigenvalue weighted by molar-refractivity contribution is 7.89. The number of sulfonamides is 2. The molecule has 2 rings (SSSR count). The fraction of sp³-hybridized carbons (Fsp3) is 0.364. The molecule has 2 aromatic heterocycles. The van der Waals surface area contributed by atoms with Crippen LogP contribution in [-0.4, -0.2) is 34.1 Å². The summed E-state index contributed by atoms with van der Waals surface area (Å²) in [6.45, 7) is 0.153. The van der Waals surface area contributed by atoms with Crippen molar-refractivity contribution in [3.63, 3.8) is 0 Å². The second-order valence-electron chi connectivity index (χ2n) is 4.45. The summed E-state index contributed by atoms with van der Waals surface area (Å²) >= 11 is 1.42. The zero-order valence-corrected chi connectivity index (χ0v) is 13.5. The van der Waals surface area contributed by atoms with Gasteiger partial charge in [0.05, 0.1) is 16.0 Å². The molecular formula is C11H15N3O4S3. The zero-order chi connectivity index (χ0) is 15.5. The van der Waals surface area contributed by atoms with Crippen LogP contribution in [0.3, 0.4) is 0 Å². The lowest BCUT2D eigenvalue weighted by molar-refractivity contribution is 0.577. The second-order valence-corrected chi connectivity index (χ2v) is 8.90. The molecule has 0 saturated carbocycles. The van der Waals surface area contributed by atoms with Gasteiger partial charge in [-0.25, -0.2) is 26.7 Å². The Kier molecular flexibility index (Phi) is 4.94. The summed E-state index contributed by atoms with van der Waals surface area (Å²) in [6, 6.07) is 3.39. The SMILES string of the molecule is NS(=O)(=O)CCCCNS(=O)(=O)c1cnc2ccsc2c1. The maximum atomic E-state index is 12.1. The number of rotatable bonds is 7.